The third-order valence-corrected chi connectivity index (χ3v) is 6.27. The number of benzene rings is 3. The molecule has 1 aromatic heterocycles. The Morgan fingerprint density at radius 2 is 1.70 bits per heavy atom. The van der Waals surface area contributed by atoms with E-state index >= 15 is 0 Å². The molecule has 0 spiro atoms. The third-order valence-electron chi connectivity index (χ3n) is 4.69. The molecular formula is C23H18ClNOS. The van der Waals surface area contributed by atoms with Gasteiger partial charge < -0.3 is 5.32 Å². The van der Waals surface area contributed by atoms with Crippen molar-refractivity contribution in [3.8, 4) is 0 Å². The van der Waals surface area contributed by atoms with Gasteiger partial charge in [-0.25, -0.2) is 0 Å². The normalized spacial score (nSPS) is 10.9. The van der Waals surface area contributed by atoms with Crippen LogP contribution in [0.5, 0.6) is 0 Å². The largest absolute Gasteiger partial charge is 0.355 e. The van der Waals surface area contributed by atoms with Gasteiger partial charge in [0, 0.05) is 21.6 Å². The second kappa shape index (κ2) is 7.18. The number of anilines is 2. The van der Waals surface area contributed by atoms with Gasteiger partial charge >= 0.3 is 0 Å². The molecule has 27 heavy (non-hydrogen) atoms. The minimum absolute atomic E-state index is 0.0267. The summed E-state index contributed by atoms with van der Waals surface area (Å²) in [5, 5.41) is 4.94. The summed E-state index contributed by atoms with van der Waals surface area (Å²) in [6, 6.07) is 21.6. The number of fused-ring (bicyclic) bond motifs is 1. The molecule has 0 atom stereocenters. The van der Waals surface area contributed by atoms with E-state index in [1.807, 2.05) is 68.4 Å². The van der Waals surface area contributed by atoms with Crippen molar-refractivity contribution in [2.45, 2.75) is 13.8 Å². The van der Waals surface area contributed by atoms with Crippen molar-refractivity contribution in [3.05, 3.63) is 93.3 Å². The lowest BCUT2D eigenvalue weighted by Gasteiger charge is -2.11. The number of carbonyl (C=O) groups is 1. The SMILES string of the molecule is Cc1ccccc1Nc1ccc(C(=O)c2sc3ccccc3c2C)c(Cl)c1. The number of hydrogen-bond acceptors (Lipinski definition) is 3. The molecule has 4 rings (SSSR count). The number of nitrogens with one attached hydrogen (secondary N) is 1. The van der Waals surface area contributed by atoms with Crippen molar-refractivity contribution in [2.24, 2.45) is 0 Å². The van der Waals surface area contributed by atoms with E-state index in [0.29, 0.717) is 10.6 Å². The fraction of sp³-hybridized carbons (Fsp3) is 0.0870. The van der Waals surface area contributed by atoms with Crippen molar-refractivity contribution in [2.75, 3.05) is 5.32 Å². The van der Waals surface area contributed by atoms with Gasteiger partial charge in [-0.05, 0) is 60.7 Å². The van der Waals surface area contributed by atoms with E-state index < -0.39 is 0 Å². The van der Waals surface area contributed by atoms with Crippen LogP contribution in [0.3, 0.4) is 0 Å². The number of thiophene rings is 1. The molecule has 0 fully saturated rings. The maximum absolute atomic E-state index is 13.1. The second-order valence-corrected chi connectivity index (χ2v) is 7.98. The average molecular weight is 392 g/mol. The van der Waals surface area contributed by atoms with Gasteiger partial charge in [-0.1, -0.05) is 48.0 Å². The summed E-state index contributed by atoms with van der Waals surface area (Å²) in [6.07, 6.45) is 0. The summed E-state index contributed by atoms with van der Waals surface area (Å²) in [6.45, 7) is 4.04. The molecule has 4 aromatic rings. The van der Waals surface area contributed by atoms with Gasteiger partial charge in [-0.2, -0.15) is 0 Å². The number of aryl methyl sites for hydroxylation is 2. The van der Waals surface area contributed by atoms with Crippen molar-refractivity contribution >= 4 is 50.2 Å². The van der Waals surface area contributed by atoms with Gasteiger partial charge in [0.1, 0.15) is 0 Å². The van der Waals surface area contributed by atoms with E-state index in [0.717, 1.165) is 37.5 Å². The molecule has 0 aliphatic heterocycles. The highest BCUT2D eigenvalue weighted by atomic mass is 35.5. The van der Waals surface area contributed by atoms with Crippen LogP contribution in [0.25, 0.3) is 10.1 Å². The Hall–Kier alpha value is -2.62. The Labute approximate surface area is 167 Å². The summed E-state index contributed by atoms with van der Waals surface area (Å²) < 4.78 is 1.12. The molecule has 0 saturated carbocycles. The van der Waals surface area contributed by atoms with Crippen LogP contribution in [0.2, 0.25) is 5.02 Å². The minimum Gasteiger partial charge on any atom is -0.355 e. The van der Waals surface area contributed by atoms with Gasteiger partial charge in [0.25, 0.3) is 0 Å². The van der Waals surface area contributed by atoms with Crippen LogP contribution in [0.15, 0.2) is 66.7 Å². The zero-order chi connectivity index (χ0) is 19.0. The van der Waals surface area contributed by atoms with Gasteiger partial charge in [-0.15, -0.1) is 11.3 Å². The van der Waals surface area contributed by atoms with Crippen molar-refractivity contribution in [3.63, 3.8) is 0 Å². The third kappa shape index (κ3) is 3.36. The first-order chi connectivity index (χ1) is 13.0. The Morgan fingerprint density at radius 1 is 0.963 bits per heavy atom. The van der Waals surface area contributed by atoms with E-state index in [9.17, 15) is 4.79 Å². The van der Waals surface area contributed by atoms with Crippen LogP contribution in [0, 0.1) is 13.8 Å². The number of rotatable bonds is 4. The first-order valence-electron chi connectivity index (χ1n) is 8.69. The zero-order valence-corrected chi connectivity index (χ0v) is 16.6. The molecule has 0 amide bonds. The molecule has 0 saturated heterocycles. The Bertz CT molecular complexity index is 1160. The van der Waals surface area contributed by atoms with Crippen molar-refractivity contribution < 1.29 is 4.79 Å². The van der Waals surface area contributed by atoms with E-state index in [1.54, 1.807) is 6.07 Å². The first kappa shape index (κ1) is 17.8. The maximum atomic E-state index is 13.1. The molecule has 0 aliphatic carbocycles. The summed E-state index contributed by atoms with van der Waals surface area (Å²) >= 11 is 8.00. The van der Waals surface area contributed by atoms with Gasteiger partial charge in [0.15, 0.2) is 0 Å². The minimum atomic E-state index is -0.0267. The molecule has 0 radical (unpaired) electrons. The molecule has 1 heterocycles. The van der Waals surface area contributed by atoms with Gasteiger partial charge in [0.2, 0.25) is 5.78 Å². The lowest BCUT2D eigenvalue weighted by atomic mass is 10.0. The highest BCUT2D eigenvalue weighted by Crippen LogP contribution is 2.34. The quantitative estimate of drug-likeness (QED) is 0.374. The summed E-state index contributed by atoms with van der Waals surface area (Å²) in [5.41, 5.74) is 4.57. The highest BCUT2D eigenvalue weighted by molar-refractivity contribution is 7.21. The first-order valence-corrected chi connectivity index (χ1v) is 9.89. The summed E-state index contributed by atoms with van der Waals surface area (Å²) in [4.78, 5) is 13.8. The fourth-order valence-corrected chi connectivity index (χ4v) is 4.59. The lowest BCUT2D eigenvalue weighted by molar-refractivity contribution is 0.104. The van der Waals surface area contributed by atoms with Crippen LogP contribution in [-0.4, -0.2) is 5.78 Å². The van der Waals surface area contributed by atoms with E-state index in [-0.39, 0.29) is 5.78 Å². The number of para-hydroxylation sites is 1. The Kier molecular flexibility index (Phi) is 4.73. The highest BCUT2D eigenvalue weighted by Gasteiger charge is 2.19. The lowest BCUT2D eigenvalue weighted by Crippen LogP contribution is -2.02. The zero-order valence-electron chi connectivity index (χ0n) is 15.0. The van der Waals surface area contributed by atoms with Crippen LogP contribution >= 0.6 is 22.9 Å². The predicted octanol–water partition coefficient (Wildman–Crippen LogP) is 7.15. The average Bonchev–Trinajstić information content (AvgIpc) is 3.00. The van der Waals surface area contributed by atoms with Crippen LogP contribution in [0.4, 0.5) is 11.4 Å². The second-order valence-electron chi connectivity index (χ2n) is 6.52. The molecule has 0 aliphatic rings. The van der Waals surface area contributed by atoms with E-state index in [1.165, 1.54) is 11.3 Å². The van der Waals surface area contributed by atoms with Crippen LogP contribution < -0.4 is 5.32 Å². The molecule has 3 aromatic carbocycles. The standard InChI is InChI=1S/C23H18ClNOS/c1-14-7-3-5-9-20(14)25-16-11-12-18(19(24)13-16)22(26)23-15(2)17-8-4-6-10-21(17)27-23/h3-13,25H,1-2H3. The smallest absolute Gasteiger partial charge is 0.204 e. The van der Waals surface area contributed by atoms with Gasteiger partial charge in [-0.3, -0.25) is 4.79 Å². The van der Waals surface area contributed by atoms with Gasteiger partial charge in [0.05, 0.1) is 9.90 Å². The van der Waals surface area contributed by atoms with Crippen molar-refractivity contribution in [1.82, 2.24) is 0 Å². The van der Waals surface area contributed by atoms with E-state index in [2.05, 4.69) is 11.4 Å². The molecule has 0 bridgehead atoms. The molecule has 2 nitrogen and oxygen atoms in total. The number of ketones is 1. The van der Waals surface area contributed by atoms with Crippen molar-refractivity contribution in [1.29, 1.82) is 0 Å². The van der Waals surface area contributed by atoms with E-state index in [4.69, 9.17) is 11.6 Å². The molecule has 0 unspecified atom stereocenters. The molecule has 4 heteroatoms. The monoisotopic (exact) mass is 391 g/mol. The van der Waals surface area contributed by atoms with Crippen LogP contribution in [-0.2, 0) is 0 Å². The number of halogens is 1. The van der Waals surface area contributed by atoms with Crippen LogP contribution in [0.1, 0.15) is 26.4 Å². The molecular weight excluding hydrogens is 374 g/mol. The maximum Gasteiger partial charge on any atom is 0.204 e. The topological polar surface area (TPSA) is 29.1 Å². The predicted molar refractivity (Wildman–Crippen MR) is 116 cm³/mol. The number of carbonyl (C=O) groups excluding carboxylic acids is 1. The molecule has 1 N–H and O–H groups in total. The molecule has 134 valence electrons. The Balaban J connectivity index is 1.67. The fourth-order valence-electron chi connectivity index (χ4n) is 3.16. The summed E-state index contributed by atoms with van der Waals surface area (Å²) in [7, 11) is 0. The number of hydrogen-bond donors (Lipinski definition) is 1. The summed E-state index contributed by atoms with van der Waals surface area (Å²) in [5.74, 6) is -0.0267. The Morgan fingerprint density at radius 3 is 2.44 bits per heavy atom.